The molecule has 0 aliphatic heterocycles. The third kappa shape index (κ3) is 24.9. The van der Waals surface area contributed by atoms with Crippen LogP contribution in [0.3, 0.4) is 0 Å². The molecule has 0 atom stereocenters. The van der Waals surface area contributed by atoms with E-state index >= 15 is 0 Å². The monoisotopic (exact) mass is 368 g/mol. The van der Waals surface area contributed by atoms with Gasteiger partial charge in [-0.2, -0.15) is 0 Å². The van der Waals surface area contributed by atoms with Crippen molar-refractivity contribution < 1.29 is 35.5 Å². The summed E-state index contributed by atoms with van der Waals surface area (Å²) < 4.78 is 59.1. The van der Waals surface area contributed by atoms with Gasteiger partial charge in [-0.1, -0.05) is 13.2 Å². The van der Waals surface area contributed by atoms with Crippen LogP contribution >= 0.6 is 0 Å². The van der Waals surface area contributed by atoms with E-state index in [0.29, 0.717) is 0 Å². The molecule has 116 valence electrons. The van der Waals surface area contributed by atoms with Crippen LogP contribution in [0.5, 0.6) is 0 Å². The number of hydrogen-bond acceptors (Lipinski definition) is 8. The van der Waals surface area contributed by atoms with E-state index in [1.165, 1.54) is 0 Å². The Balaban J connectivity index is -0.000000295. The van der Waals surface area contributed by atoms with Crippen molar-refractivity contribution in [1.29, 1.82) is 0 Å². The van der Waals surface area contributed by atoms with Gasteiger partial charge < -0.3 is 19.7 Å². The van der Waals surface area contributed by atoms with Crippen LogP contribution in [0.15, 0.2) is 25.3 Å². The minimum Gasteiger partial charge on any atom is -0.747 e. The van der Waals surface area contributed by atoms with Gasteiger partial charge in [0.15, 0.2) is 0 Å². The molecule has 13 heteroatoms. The summed E-state index contributed by atoms with van der Waals surface area (Å²) in [5.74, 6) is -3.14. The minimum absolute atomic E-state index is 0. The van der Waals surface area contributed by atoms with E-state index in [9.17, 15) is 35.5 Å². The summed E-state index contributed by atoms with van der Waals surface area (Å²) in [6, 6.07) is 0. The average Bonchev–Trinajstić information content (AvgIpc) is 2.31. The number of hydrogen-bond donors (Lipinski definition) is 2. The van der Waals surface area contributed by atoms with Crippen molar-refractivity contribution in [2.45, 2.75) is 0 Å². The maximum Gasteiger partial charge on any atom is 2.00 e. The Labute approximate surface area is 152 Å². The van der Waals surface area contributed by atoms with E-state index in [0.717, 1.165) is 12.2 Å². The molecule has 21 heavy (non-hydrogen) atoms. The van der Waals surface area contributed by atoms with Crippen molar-refractivity contribution in [2.75, 3.05) is 11.8 Å². The second-order valence-electron chi connectivity index (χ2n) is 2.89. The van der Waals surface area contributed by atoms with Crippen molar-refractivity contribution in [1.82, 2.24) is 10.6 Å². The zero-order chi connectivity index (χ0) is 16.4. The Morgan fingerprint density at radius 3 is 1.24 bits per heavy atom. The minimum atomic E-state index is -4.36. The average molecular weight is 368 g/mol. The summed E-state index contributed by atoms with van der Waals surface area (Å²) in [6.07, 6.45) is 1.76. The van der Waals surface area contributed by atoms with Crippen molar-refractivity contribution in [3.63, 3.8) is 0 Å². The molecule has 0 radical (unpaired) electrons. The van der Waals surface area contributed by atoms with Crippen LogP contribution in [0.4, 0.5) is 0 Å². The molecule has 0 saturated carbocycles. The maximum atomic E-state index is 10.2. The first-order valence-electron chi connectivity index (χ1n) is 4.59. The zero-order valence-electron chi connectivity index (χ0n) is 10.8. The van der Waals surface area contributed by atoms with Crippen LogP contribution in [0, 0.1) is 0 Å². The molecule has 0 aromatic heterocycles. The van der Waals surface area contributed by atoms with Gasteiger partial charge in [0.25, 0.3) is 0 Å². The van der Waals surface area contributed by atoms with E-state index in [4.69, 9.17) is 0 Å². The molecule has 0 heterocycles. The SMILES string of the molecule is C=CC(=O)NCS(=O)(=O)[O-].C=CC(=O)NCS(=O)(=O)[O-].[Ca+2]. The first-order chi connectivity index (χ1) is 8.91. The largest absolute Gasteiger partial charge is 2.00 e. The number of rotatable bonds is 6. The molecule has 0 fully saturated rings. The number of carbonyl (C=O) groups excluding carboxylic acids is 2. The zero-order valence-corrected chi connectivity index (χ0v) is 14.6. The number of carbonyl (C=O) groups is 2. The third-order valence-corrected chi connectivity index (χ3v) is 2.21. The Kier molecular flexibility index (Phi) is 14.6. The molecule has 0 unspecified atom stereocenters. The van der Waals surface area contributed by atoms with E-state index in [-0.39, 0.29) is 37.7 Å². The van der Waals surface area contributed by atoms with Gasteiger partial charge in [-0.3, -0.25) is 9.59 Å². The van der Waals surface area contributed by atoms with Gasteiger partial charge in [0.2, 0.25) is 11.8 Å². The normalized spacial score (nSPS) is 10.0. The number of nitrogens with one attached hydrogen (secondary N) is 2. The Morgan fingerprint density at radius 2 is 1.10 bits per heavy atom. The second kappa shape index (κ2) is 12.1. The molecule has 0 spiro atoms. The molecule has 0 rings (SSSR count). The fourth-order valence-corrected chi connectivity index (χ4v) is 1.10. The van der Waals surface area contributed by atoms with Crippen LogP contribution in [-0.4, -0.2) is 87.2 Å². The first-order valence-corrected chi connectivity index (χ1v) is 7.74. The molecule has 0 aromatic rings. The standard InChI is InChI=1S/2C4H7NO4S.Ca/c2*1-2-4(6)5-3-10(7,8)9;/h2*2H,1,3H2,(H,5,6)(H,7,8,9);/q;;+2/p-2. The van der Waals surface area contributed by atoms with Crippen molar-refractivity contribution in [3.05, 3.63) is 25.3 Å². The van der Waals surface area contributed by atoms with Crippen LogP contribution in [0.1, 0.15) is 0 Å². The molecule has 0 aromatic carbocycles. The van der Waals surface area contributed by atoms with Gasteiger partial charge in [0.1, 0.15) is 32.0 Å². The summed E-state index contributed by atoms with van der Waals surface area (Å²) in [6.45, 7) is 6.10. The topological polar surface area (TPSA) is 173 Å². The van der Waals surface area contributed by atoms with E-state index in [1.54, 1.807) is 0 Å². The van der Waals surface area contributed by atoms with Crippen molar-refractivity contribution in [3.8, 4) is 0 Å². The molecule has 0 saturated heterocycles. The molecule has 2 amide bonds. The summed E-state index contributed by atoms with van der Waals surface area (Å²) in [7, 11) is -8.72. The van der Waals surface area contributed by atoms with E-state index in [2.05, 4.69) is 13.2 Å². The number of amides is 2. The third-order valence-electron chi connectivity index (χ3n) is 1.22. The molecule has 2 N–H and O–H groups in total. The maximum absolute atomic E-state index is 10.2. The van der Waals surface area contributed by atoms with Gasteiger partial charge in [-0.25, -0.2) is 16.8 Å². The van der Waals surface area contributed by atoms with Gasteiger partial charge in [0, 0.05) is 0 Å². The van der Waals surface area contributed by atoms with Gasteiger partial charge in [-0.05, 0) is 12.2 Å². The second-order valence-corrected chi connectivity index (χ2v) is 5.70. The van der Waals surface area contributed by atoms with Crippen LogP contribution in [0.2, 0.25) is 0 Å². The molecule has 0 bridgehead atoms. The predicted octanol–water partition coefficient (Wildman–Crippen LogP) is -2.80. The van der Waals surface area contributed by atoms with Gasteiger partial charge in [0.05, 0.1) is 0 Å². The van der Waals surface area contributed by atoms with Crippen LogP contribution in [0.25, 0.3) is 0 Å². The molecular weight excluding hydrogens is 356 g/mol. The molecular formula is C8H12CaN2O8S2. The summed E-state index contributed by atoms with van der Waals surface area (Å²) in [5, 5.41) is 3.63. The van der Waals surface area contributed by atoms with Gasteiger partial charge in [-0.15, -0.1) is 0 Å². The Hall–Kier alpha value is -0.500. The van der Waals surface area contributed by atoms with Crippen molar-refractivity contribution >= 4 is 69.8 Å². The first kappa shape index (κ1) is 25.5. The molecule has 0 aliphatic carbocycles. The summed E-state index contributed by atoms with van der Waals surface area (Å²) in [4.78, 5) is 20.5. The Bertz CT molecular complexity index is 517. The predicted molar refractivity (Wildman–Crippen MR) is 71.6 cm³/mol. The van der Waals surface area contributed by atoms with E-state index in [1.807, 2.05) is 10.6 Å². The molecule has 10 nitrogen and oxygen atoms in total. The van der Waals surface area contributed by atoms with Crippen molar-refractivity contribution in [2.24, 2.45) is 0 Å². The smallest absolute Gasteiger partial charge is 0.747 e. The van der Waals surface area contributed by atoms with E-state index < -0.39 is 43.8 Å². The Morgan fingerprint density at radius 1 is 0.857 bits per heavy atom. The van der Waals surface area contributed by atoms with Crippen LogP contribution < -0.4 is 10.6 Å². The quantitative estimate of drug-likeness (QED) is 0.287. The fourth-order valence-electron chi connectivity index (χ4n) is 0.463. The summed E-state index contributed by atoms with van der Waals surface area (Å²) in [5.41, 5.74) is 0. The van der Waals surface area contributed by atoms with Gasteiger partial charge >= 0.3 is 37.7 Å². The fraction of sp³-hybridized carbons (Fsp3) is 0.250. The summed E-state index contributed by atoms with van der Waals surface area (Å²) >= 11 is 0. The van der Waals surface area contributed by atoms with Crippen LogP contribution in [-0.2, 0) is 29.8 Å². The molecule has 0 aliphatic rings.